The quantitative estimate of drug-likeness (QED) is 0.502. The number of benzene rings is 1. The van der Waals surface area contributed by atoms with Gasteiger partial charge in [0.25, 0.3) is 0 Å². The zero-order valence-corrected chi connectivity index (χ0v) is 13.0. The van der Waals surface area contributed by atoms with Crippen LogP contribution in [0.5, 0.6) is 5.75 Å². The zero-order chi connectivity index (χ0) is 15.1. The number of hydrogen-bond acceptors (Lipinski definition) is 7. The number of aromatic nitrogens is 3. The Balaban J connectivity index is 2.15. The summed E-state index contributed by atoms with van der Waals surface area (Å²) in [5.41, 5.74) is 5.47. The highest BCUT2D eigenvalue weighted by Crippen LogP contribution is 2.15. The molecule has 0 unspecified atom stereocenters. The molecule has 1 aromatic heterocycles. The predicted octanol–water partition coefficient (Wildman–Crippen LogP) is 2.83. The second kappa shape index (κ2) is 7.58. The second-order valence-electron chi connectivity index (χ2n) is 4.08. The van der Waals surface area contributed by atoms with Crippen LogP contribution in [0.15, 0.2) is 40.7 Å². The molecule has 0 saturated carbocycles. The zero-order valence-electron chi connectivity index (χ0n) is 12.2. The Bertz CT molecular complexity index is 615. The van der Waals surface area contributed by atoms with Gasteiger partial charge in [-0.05, 0) is 36.9 Å². The van der Waals surface area contributed by atoms with Crippen molar-refractivity contribution in [2.75, 3.05) is 18.8 Å². The lowest BCUT2D eigenvalue weighted by molar-refractivity contribution is 0.415. The van der Waals surface area contributed by atoms with Crippen molar-refractivity contribution in [2.45, 2.75) is 18.5 Å². The normalized spacial score (nSPS) is 11.3. The Morgan fingerprint density at radius 2 is 2.10 bits per heavy atom. The molecule has 110 valence electrons. The van der Waals surface area contributed by atoms with Crippen LogP contribution in [0.2, 0.25) is 0 Å². The first-order chi connectivity index (χ1) is 10.3. The van der Waals surface area contributed by atoms with E-state index in [4.69, 9.17) is 4.74 Å². The summed E-state index contributed by atoms with van der Waals surface area (Å²) in [6.45, 7) is 2.02. The van der Waals surface area contributed by atoms with Gasteiger partial charge in [0.2, 0.25) is 5.16 Å². The molecule has 6 nitrogen and oxygen atoms in total. The van der Waals surface area contributed by atoms with Gasteiger partial charge in [-0.25, -0.2) is 4.98 Å². The van der Waals surface area contributed by atoms with Gasteiger partial charge in [-0.2, -0.15) is 10.2 Å². The van der Waals surface area contributed by atoms with E-state index in [0.29, 0.717) is 5.16 Å². The van der Waals surface area contributed by atoms with Crippen molar-refractivity contribution in [3.8, 4) is 5.75 Å². The van der Waals surface area contributed by atoms with Gasteiger partial charge in [0, 0.05) is 0 Å². The molecule has 2 aromatic rings. The van der Waals surface area contributed by atoms with E-state index in [9.17, 15) is 0 Å². The van der Waals surface area contributed by atoms with Crippen molar-refractivity contribution < 1.29 is 4.74 Å². The maximum Gasteiger partial charge on any atom is 0.209 e. The lowest BCUT2D eigenvalue weighted by atomic mass is 10.2. The van der Waals surface area contributed by atoms with E-state index < -0.39 is 0 Å². The fraction of sp³-hybridized carbons (Fsp3) is 0.286. The van der Waals surface area contributed by atoms with E-state index >= 15 is 0 Å². The Labute approximate surface area is 128 Å². The summed E-state index contributed by atoms with van der Waals surface area (Å²) in [6.07, 6.45) is 4.28. The molecule has 0 bridgehead atoms. The molecule has 0 aliphatic heterocycles. The Hall–Kier alpha value is -2.15. The van der Waals surface area contributed by atoms with Gasteiger partial charge >= 0.3 is 0 Å². The summed E-state index contributed by atoms with van der Waals surface area (Å²) in [4.78, 5) is 4.40. The molecule has 21 heavy (non-hydrogen) atoms. The average Bonchev–Trinajstić information content (AvgIpc) is 2.56. The second-order valence-corrected chi connectivity index (χ2v) is 4.85. The molecule has 0 aliphatic carbocycles. The van der Waals surface area contributed by atoms with E-state index in [1.165, 1.54) is 11.8 Å². The maximum absolute atomic E-state index is 5.12. The molecule has 1 heterocycles. The number of hydrazone groups is 1. The van der Waals surface area contributed by atoms with Gasteiger partial charge in [0.05, 0.1) is 24.7 Å². The Morgan fingerprint density at radius 1 is 1.33 bits per heavy atom. The number of ether oxygens (including phenoxy) is 1. The predicted molar refractivity (Wildman–Crippen MR) is 85.1 cm³/mol. The average molecular weight is 303 g/mol. The maximum atomic E-state index is 5.12. The van der Waals surface area contributed by atoms with Gasteiger partial charge in [0.1, 0.15) is 11.4 Å². The number of anilines is 1. The van der Waals surface area contributed by atoms with E-state index in [-0.39, 0.29) is 0 Å². The Morgan fingerprint density at radius 3 is 2.71 bits per heavy atom. The molecule has 0 spiro atoms. The summed E-state index contributed by atoms with van der Waals surface area (Å²) in [6, 6.07) is 7.56. The highest BCUT2D eigenvalue weighted by Gasteiger charge is 2.06. The van der Waals surface area contributed by atoms with Crippen molar-refractivity contribution in [1.82, 2.24) is 15.2 Å². The van der Waals surface area contributed by atoms with E-state index in [2.05, 4.69) is 25.7 Å². The third kappa shape index (κ3) is 4.16. The first-order valence-corrected chi connectivity index (χ1v) is 7.70. The minimum atomic E-state index is 0.637. The van der Waals surface area contributed by atoms with Crippen molar-refractivity contribution in [3.63, 3.8) is 0 Å². The minimum absolute atomic E-state index is 0.637. The highest BCUT2D eigenvalue weighted by atomic mass is 32.2. The molecule has 0 fully saturated rings. The van der Waals surface area contributed by atoms with Crippen LogP contribution in [0.4, 0.5) is 5.69 Å². The molecular formula is C14H17N5OS. The van der Waals surface area contributed by atoms with Crippen LogP contribution in [0.1, 0.15) is 19.0 Å². The monoisotopic (exact) mass is 303 g/mol. The van der Waals surface area contributed by atoms with Gasteiger partial charge in [-0.1, -0.05) is 18.7 Å². The summed E-state index contributed by atoms with van der Waals surface area (Å²) in [5, 5.41) is 12.9. The Kier molecular flexibility index (Phi) is 5.51. The molecule has 1 N–H and O–H groups in total. The third-order valence-electron chi connectivity index (χ3n) is 2.76. The minimum Gasteiger partial charge on any atom is -0.497 e. The molecule has 2 rings (SSSR count). The smallest absolute Gasteiger partial charge is 0.209 e. The lowest BCUT2D eigenvalue weighted by Gasteiger charge is -2.06. The van der Waals surface area contributed by atoms with Crippen LogP contribution in [0.25, 0.3) is 0 Å². The van der Waals surface area contributed by atoms with Gasteiger partial charge < -0.3 is 4.74 Å². The van der Waals surface area contributed by atoms with Gasteiger partial charge in [-0.3, -0.25) is 5.43 Å². The van der Waals surface area contributed by atoms with Crippen molar-refractivity contribution in [3.05, 3.63) is 36.2 Å². The molecule has 7 heteroatoms. The van der Waals surface area contributed by atoms with E-state index in [1.54, 1.807) is 13.3 Å². The van der Waals surface area contributed by atoms with E-state index in [0.717, 1.165) is 29.3 Å². The van der Waals surface area contributed by atoms with Crippen molar-refractivity contribution in [1.29, 1.82) is 0 Å². The van der Waals surface area contributed by atoms with Crippen LogP contribution in [-0.4, -0.2) is 34.3 Å². The number of nitrogens with one attached hydrogen (secondary N) is 1. The number of methoxy groups -OCH3 is 1. The van der Waals surface area contributed by atoms with Gasteiger partial charge in [0.15, 0.2) is 0 Å². The van der Waals surface area contributed by atoms with Crippen molar-refractivity contribution >= 4 is 23.2 Å². The van der Waals surface area contributed by atoms with Gasteiger partial charge in [-0.15, -0.1) is 5.10 Å². The molecule has 0 saturated heterocycles. The first-order valence-electron chi connectivity index (χ1n) is 6.47. The summed E-state index contributed by atoms with van der Waals surface area (Å²) >= 11 is 1.46. The lowest BCUT2D eigenvalue weighted by Crippen LogP contribution is -2.08. The van der Waals surface area contributed by atoms with Crippen LogP contribution < -0.4 is 10.2 Å². The molecule has 0 aliphatic rings. The van der Waals surface area contributed by atoms with E-state index in [1.807, 2.05) is 37.4 Å². The molecule has 0 radical (unpaired) electrons. The summed E-state index contributed by atoms with van der Waals surface area (Å²) in [7, 11) is 1.64. The number of thioether (sulfide) groups is 1. The number of rotatable bonds is 6. The standard InChI is InChI=1S/C14H17N5OS/c1-4-12(13-9-15-19-14(16-13)21-3)18-17-10-5-7-11(20-2)8-6-10/h5-9,17H,4H2,1-3H3/b18-12-. The number of nitrogens with zero attached hydrogens (tertiary/aromatic N) is 4. The van der Waals surface area contributed by atoms with Crippen LogP contribution in [-0.2, 0) is 0 Å². The first kappa shape index (κ1) is 15.2. The van der Waals surface area contributed by atoms with Crippen LogP contribution in [0, 0.1) is 0 Å². The fourth-order valence-electron chi connectivity index (χ4n) is 1.63. The summed E-state index contributed by atoms with van der Waals surface area (Å²) < 4.78 is 5.12. The molecule has 1 aromatic carbocycles. The largest absolute Gasteiger partial charge is 0.497 e. The number of hydrogen-bond donors (Lipinski definition) is 1. The SMILES string of the molecule is CC/C(=N/Nc1ccc(OC)cc1)c1cnnc(SC)n1. The molecular weight excluding hydrogens is 286 g/mol. The highest BCUT2D eigenvalue weighted by molar-refractivity contribution is 7.98. The van der Waals surface area contributed by atoms with Crippen LogP contribution in [0.3, 0.4) is 0 Å². The van der Waals surface area contributed by atoms with Crippen LogP contribution >= 0.6 is 11.8 Å². The molecule has 0 amide bonds. The van der Waals surface area contributed by atoms with Crippen molar-refractivity contribution in [2.24, 2.45) is 5.10 Å². The topological polar surface area (TPSA) is 72.3 Å². The molecule has 0 atom stereocenters. The summed E-state index contributed by atoms with van der Waals surface area (Å²) in [5.74, 6) is 0.810. The fourth-order valence-corrected chi connectivity index (χ4v) is 1.95. The third-order valence-corrected chi connectivity index (χ3v) is 3.30.